The summed E-state index contributed by atoms with van der Waals surface area (Å²) in [7, 11) is 1.67. The molecule has 0 saturated heterocycles. The van der Waals surface area contributed by atoms with Crippen LogP contribution in [-0.4, -0.2) is 17.1 Å². The van der Waals surface area contributed by atoms with Crippen LogP contribution >= 0.6 is 0 Å². The molecule has 0 radical (unpaired) electrons. The first-order chi connectivity index (χ1) is 9.76. The zero-order valence-corrected chi connectivity index (χ0v) is 11.8. The van der Waals surface area contributed by atoms with Gasteiger partial charge in [0.05, 0.1) is 19.0 Å². The Bertz CT molecular complexity index is 663. The molecule has 1 N–H and O–H groups in total. The van der Waals surface area contributed by atoms with Crippen LogP contribution in [0.1, 0.15) is 25.5 Å². The van der Waals surface area contributed by atoms with E-state index >= 15 is 0 Å². The number of methoxy groups -OCH3 is 1. The molecule has 20 heavy (non-hydrogen) atoms. The van der Waals surface area contributed by atoms with Crippen molar-refractivity contribution in [1.29, 1.82) is 0 Å². The van der Waals surface area contributed by atoms with Gasteiger partial charge in [-0.25, -0.2) is 4.98 Å². The maximum absolute atomic E-state index is 5.17. The molecule has 0 fully saturated rings. The second-order valence-electron chi connectivity index (χ2n) is 5.08. The van der Waals surface area contributed by atoms with E-state index in [9.17, 15) is 0 Å². The smallest absolute Gasteiger partial charge is 0.137 e. The maximum Gasteiger partial charge on any atom is 0.137 e. The van der Waals surface area contributed by atoms with E-state index in [2.05, 4.69) is 29.0 Å². The van der Waals surface area contributed by atoms with Crippen molar-refractivity contribution in [3.8, 4) is 17.1 Å². The molecule has 2 aromatic rings. The molecule has 102 valence electrons. The number of ether oxygens (including phenoxy) is 1. The van der Waals surface area contributed by atoms with Gasteiger partial charge in [0.25, 0.3) is 0 Å². The van der Waals surface area contributed by atoms with E-state index in [1.54, 1.807) is 7.11 Å². The second-order valence-corrected chi connectivity index (χ2v) is 5.08. The quantitative estimate of drug-likeness (QED) is 0.903. The van der Waals surface area contributed by atoms with E-state index in [0.717, 1.165) is 35.7 Å². The van der Waals surface area contributed by atoms with Crippen LogP contribution in [0.5, 0.6) is 5.75 Å². The number of allylic oxidation sites excluding steroid dienone is 4. The highest BCUT2D eigenvalue weighted by molar-refractivity contribution is 5.68. The van der Waals surface area contributed by atoms with Gasteiger partial charge in [-0.05, 0) is 49.6 Å². The van der Waals surface area contributed by atoms with Gasteiger partial charge in [0.1, 0.15) is 11.6 Å². The van der Waals surface area contributed by atoms with Gasteiger partial charge in [-0.3, -0.25) is 0 Å². The zero-order chi connectivity index (χ0) is 13.9. The summed E-state index contributed by atoms with van der Waals surface area (Å²) in [5, 5.41) is 0. The molecule has 1 heterocycles. The Hall–Kier alpha value is -2.29. The minimum atomic E-state index is 0.858. The first-order valence-electron chi connectivity index (χ1n) is 6.82. The summed E-state index contributed by atoms with van der Waals surface area (Å²) in [6, 6.07) is 7.93. The van der Waals surface area contributed by atoms with Crippen molar-refractivity contribution in [2.45, 2.75) is 19.8 Å². The van der Waals surface area contributed by atoms with E-state index in [4.69, 9.17) is 4.74 Å². The number of benzene rings is 1. The number of aromatic amines is 1. The predicted molar refractivity (Wildman–Crippen MR) is 81.5 cm³/mol. The molecule has 3 rings (SSSR count). The van der Waals surface area contributed by atoms with E-state index in [-0.39, 0.29) is 0 Å². The first-order valence-corrected chi connectivity index (χ1v) is 6.82. The Morgan fingerprint density at radius 1 is 1.10 bits per heavy atom. The van der Waals surface area contributed by atoms with Crippen LogP contribution in [0.4, 0.5) is 0 Å². The number of nitrogens with zero attached hydrogens (tertiary/aromatic N) is 1. The minimum absolute atomic E-state index is 0.858. The Balaban J connectivity index is 1.86. The van der Waals surface area contributed by atoms with Gasteiger partial charge in [0.15, 0.2) is 0 Å². The average Bonchev–Trinajstić information content (AvgIpc) is 2.98. The molecule has 0 aliphatic heterocycles. The number of H-pyrrole nitrogens is 1. The van der Waals surface area contributed by atoms with E-state index < -0.39 is 0 Å². The highest BCUT2D eigenvalue weighted by Crippen LogP contribution is 2.27. The van der Waals surface area contributed by atoms with Gasteiger partial charge in [-0.1, -0.05) is 17.7 Å². The first kappa shape index (κ1) is 12.7. The molecule has 1 aromatic carbocycles. The van der Waals surface area contributed by atoms with Crippen LogP contribution in [0.2, 0.25) is 0 Å². The summed E-state index contributed by atoms with van der Waals surface area (Å²) in [6.07, 6.45) is 8.49. The van der Waals surface area contributed by atoms with Gasteiger partial charge in [0, 0.05) is 5.56 Å². The number of hydrogen-bond acceptors (Lipinski definition) is 2. The van der Waals surface area contributed by atoms with Crippen LogP contribution in [0, 0.1) is 0 Å². The molecule has 1 aliphatic carbocycles. The van der Waals surface area contributed by atoms with Gasteiger partial charge in [0.2, 0.25) is 0 Å². The van der Waals surface area contributed by atoms with E-state index in [1.807, 2.05) is 30.5 Å². The van der Waals surface area contributed by atoms with Crippen LogP contribution in [0.25, 0.3) is 17.0 Å². The Morgan fingerprint density at radius 3 is 2.55 bits per heavy atom. The lowest BCUT2D eigenvalue weighted by atomic mass is 9.98. The van der Waals surface area contributed by atoms with Crippen LogP contribution in [-0.2, 0) is 0 Å². The number of nitrogens with one attached hydrogen (secondary N) is 1. The fourth-order valence-corrected chi connectivity index (χ4v) is 2.35. The monoisotopic (exact) mass is 266 g/mol. The highest BCUT2D eigenvalue weighted by Gasteiger charge is 2.10. The number of imidazole rings is 1. The predicted octanol–water partition coefficient (Wildman–Crippen LogP) is 4.21. The summed E-state index contributed by atoms with van der Waals surface area (Å²) in [6.45, 7) is 2.17. The van der Waals surface area contributed by atoms with Gasteiger partial charge in [-0.15, -0.1) is 0 Å². The Kier molecular flexibility index (Phi) is 3.42. The van der Waals surface area contributed by atoms with E-state index in [1.165, 1.54) is 11.1 Å². The summed E-state index contributed by atoms with van der Waals surface area (Å²) in [5.41, 5.74) is 4.94. The molecule has 3 nitrogen and oxygen atoms in total. The number of aromatic nitrogens is 2. The van der Waals surface area contributed by atoms with Crippen molar-refractivity contribution >= 4 is 5.57 Å². The molecule has 1 aliphatic rings. The Labute approximate surface area is 119 Å². The van der Waals surface area contributed by atoms with Crippen molar-refractivity contribution in [3.05, 3.63) is 53.9 Å². The molecule has 0 saturated carbocycles. The molecular formula is C17H18N2O. The SMILES string of the molecule is COc1ccc(-c2ncc(C3=CC=C(C)CC3)[nH]2)cc1. The summed E-state index contributed by atoms with van der Waals surface area (Å²) >= 11 is 0. The van der Waals surface area contributed by atoms with Crippen molar-refractivity contribution in [2.75, 3.05) is 7.11 Å². The number of rotatable bonds is 3. The highest BCUT2D eigenvalue weighted by atomic mass is 16.5. The zero-order valence-electron chi connectivity index (χ0n) is 11.8. The molecule has 3 heteroatoms. The summed E-state index contributed by atoms with van der Waals surface area (Å²) < 4.78 is 5.17. The largest absolute Gasteiger partial charge is 0.497 e. The van der Waals surface area contributed by atoms with Crippen molar-refractivity contribution < 1.29 is 4.74 Å². The molecule has 1 aromatic heterocycles. The molecule has 0 unspecified atom stereocenters. The standard InChI is InChI=1S/C17H18N2O/c1-12-3-5-13(6-4-12)16-11-18-17(19-16)14-7-9-15(20-2)10-8-14/h3,5,7-11H,4,6H2,1-2H3,(H,18,19). The van der Waals surface area contributed by atoms with Crippen molar-refractivity contribution in [3.63, 3.8) is 0 Å². The minimum Gasteiger partial charge on any atom is -0.497 e. The van der Waals surface area contributed by atoms with Crippen LogP contribution < -0.4 is 4.74 Å². The average molecular weight is 266 g/mol. The van der Waals surface area contributed by atoms with E-state index in [0.29, 0.717) is 0 Å². The third-order valence-corrected chi connectivity index (χ3v) is 3.64. The molecule has 0 spiro atoms. The Morgan fingerprint density at radius 2 is 1.90 bits per heavy atom. The van der Waals surface area contributed by atoms with Crippen molar-refractivity contribution in [2.24, 2.45) is 0 Å². The molecule has 0 amide bonds. The lowest BCUT2D eigenvalue weighted by Crippen LogP contribution is -1.91. The molecule has 0 atom stereocenters. The van der Waals surface area contributed by atoms with Crippen LogP contribution in [0.15, 0.2) is 48.2 Å². The fraction of sp³-hybridized carbons (Fsp3) is 0.235. The second kappa shape index (κ2) is 5.37. The molecular weight excluding hydrogens is 248 g/mol. The van der Waals surface area contributed by atoms with Gasteiger partial charge >= 0.3 is 0 Å². The summed E-state index contributed by atoms with van der Waals surface area (Å²) in [5.74, 6) is 1.76. The topological polar surface area (TPSA) is 37.9 Å². The maximum atomic E-state index is 5.17. The van der Waals surface area contributed by atoms with Gasteiger partial charge < -0.3 is 9.72 Å². The van der Waals surface area contributed by atoms with Crippen LogP contribution in [0.3, 0.4) is 0 Å². The van der Waals surface area contributed by atoms with Gasteiger partial charge in [-0.2, -0.15) is 0 Å². The third kappa shape index (κ3) is 2.52. The fourth-order valence-electron chi connectivity index (χ4n) is 2.35. The van der Waals surface area contributed by atoms with Crippen molar-refractivity contribution in [1.82, 2.24) is 9.97 Å². The third-order valence-electron chi connectivity index (χ3n) is 3.64. The normalized spacial score (nSPS) is 14.7. The lowest BCUT2D eigenvalue weighted by Gasteiger charge is -2.10. The number of hydrogen-bond donors (Lipinski definition) is 1. The lowest BCUT2D eigenvalue weighted by molar-refractivity contribution is 0.415. The molecule has 0 bridgehead atoms. The summed E-state index contributed by atoms with van der Waals surface area (Å²) in [4.78, 5) is 7.88.